The lowest BCUT2D eigenvalue weighted by molar-refractivity contribution is 0.0603. The van der Waals surface area contributed by atoms with Gasteiger partial charge in [-0.15, -0.1) is 22.7 Å². The van der Waals surface area contributed by atoms with Crippen LogP contribution >= 0.6 is 22.7 Å². The van der Waals surface area contributed by atoms with E-state index in [1.54, 1.807) is 6.07 Å². The SMILES string of the molecule is COC(=O)c1sc2c(c1O)c(=O)[nH]c1ccsc12. The van der Waals surface area contributed by atoms with E-state index >= 15 is 0 Å². The third-order valence-electron chi connectivity index (χ3n) is 2.60. The number of carbonyl (C=O) groups is 1. The number of nitrogens with one attached hydrogen (secondary N) is 1. The van der Waals surface area contributed by atoms with Crippen LogP contribution in [0.1, 0.15) is 9.67 Å². The van der Waals surface area contributed by atoms with Gasteiger partial charge in [-0.05, 0) is 11.4 Å². The quantitative estimate of drug-likeness (QED) is 0.671. The maximum atomic E-state index is 11.9. The molecule has 18 heavy (non-hydrogen) atoms. The summed E-state index contributed by atoms with van der Waals surface area (Å²) in [5, 5.41) is 12.0. The first-order chi connectivity index (χ1) is 8.63. The topological polar surface area (TPSA) is 79.4 Å². The third-order valence-corrected chi connectivity index (χ3v) is 4.84. The first-order valence-corrected chi connectivity index (χ1v) is 6.66. The molecule has 0 atom stereocenters. The van der Waals surface area contributed by atoms with Crippen LogP contribution in [0.2, 0.25) is 0 Å². The number of hydrogen-bond donors (Lipinski definition) is 2. The van der Waals surface area contributed by atoms with E-state index in [1.807, 2.05) is 5.38 Å². The Kier molecular flexibility index (Phi) is 2.39. The summed E-state index contributed by atoms with van der Waals surface area (Å²) in [6.45, 7) is 0. The lowest BCUT2D eigenvalue weighted by Crippen LogP contribution is -2.04. The van der Waals surface area contributed by atoms with E-state index < -0.39 is 11.5 Å². The molecule has 0 saturated heterocycles. The standard InChI is InChI=1S/C11H7NO4S2/c1-16-11(15)9-6(13)5-8(18-9)7-4(2-3-17-7)12-10(5)14/h2-3,13H,1H3,(H,12,14). The van der Waals surface area contributed by atoms with Gasteiger partial charge in [-0.25, -0.2) is 4.79 Å². The minimum absolute atomic E-state index is 0.0545. The molecule has 92 valence electrons. The van der Waals surface area contributed by atoms with Gasteiger partial charge in [0.25, 0.3) is 5.56 Å². The monoisotopic (exact) mass is 281 g/mol. The number of H-pyrrole nitrogens is 1. The largest absolute Gasteiger partial charge is 0.505 e. The molecule has 0 bridgehead atoms. The number of thiophene rings is 2. The molecule has 0 aromatic carbocycles. The van der Waals surface area contributed by atoms with E-state index in [9.17, 15) is 14.7 Å². The molecule has 0 amide bonds. The molecular weight excluding hydrogens is 274 g/mol. The van der Waals surface area contributed by atoms with Gasteiger partial charge in [0.15, 0.2) is 10.6 Å². The summed E-state index contributed by atoms with van der Waals surface area (Å²) in [5.41, 5.74) is 0.301. The Morgan fingerprint density at radius 2 is 2.22 bits per heavy atom. The first-order valence-electron chi connectivity index (χ1n) is 4.96. The van der Waals surface area contributed by atoms with Crippen LogP contribution in [0.5, 0.6) is 5.75 Å². The van der Waals surface area contributed by atoms with E-state index in [0.717, 1.165) is 16.0 Å². The summed E-state index contributed by atoms with van der Waals surface area (Å²) in [6.07, 6.45) is 0. The van der Waals surface area contributed by atoms with Crippen molar-refractivity contribution in [2.24, 2.45) is 0 Å². The van der Waals surface area contributed by atoms with Gasteiger partial charge in [0, 0.05) is 0 Å². The number of fused-ring (bicyclic) bond motifs is 3. The molecule has 0 radical (unpaired) electrons. The Labute approximate surface area is 108 Å². The van der Waals surface area contributed by atoms with Crippen LogP contribution < -0.4 is 5.56 Å². The van der Waals surface area contributed by atoms with Crippen molar-refractivity contribution in [2.45, 2.75) is 0 Å². The van der Waals surface area contributed by atoms with Crippen molar-refractivity contribution in [1.29, 1.82) is 0 Å². The second-order valence-corrected chi connectivity index (χ2v) is 5.53. The molecule has 0 saturated carbocycles. The van der Waals surface area contributed by atoms with Crippen molar-refractivity contribution in [3.8, 4) is 5.75 Å². The zero-order valence-electron chi connectivity index (χ0n) is 9.14. The second kappa shape index (κ2) is 3.82. The van der Waals surface area contributed by atoms with Crippen molar-refractivity contribution in [3.63, 3.8) is 0 Å². The fraction of sp³-hybridized carbons (Fsp3) is 0.0909. The number of pyridine rings is 1. The average molecular weight is 281 g/mol. The number of ether oxygens (including phenoxy) is 1. The molecule has 0 fully saturated rings. The van der Waals surface area contributed by atoms with Gasteiger partial charge in [-0.3, -0.25) is 4.79 Å². The van der Waals surface area contributed by atoms with Gasteiger partial charge >= 0.3 is 5.97 Å². The number of aromatic hydroxyl groups is 1. The first kappa shape index (κ1) is 11.2. The van der Waals surface area contributed by atoms with Crippen LogP contribution in [0.4, 0.5) is 0 Å². The number of carbonyl (C=O) groups excluding carboxylic acids is 1. The Balaban J connectivity index is 2.52. The Bertz CT molecular complexity index is 827. The molecule has 7 heteroatoms. The van der Waals surface area contributed by atoms with Crippen LogP contribution in [-0.2, 0) is 4.74 Å². The normalized spacial score (nSPS) is 11.2. The number of aromatic nitrogens is 1. The van der Waals surface area contributed by atoms with Gasteiger partial charge in [-0.1, -0.05) is 0 Å². The maximum absolute atomic E-state index is 11.9. The van der Waals surface area contributed by atoms with E-state index in [0.29, 0.717) is 10.2 Å². The van der Waals surface area contributed by atoms with Gasteiger partial charge in [0.1, 0.15) is 5.39 Å². The molecule has 0 aliphatic carbocycles. The fourth-order valence-corrected chi connectivity index (χ4v) is 3.92. The minimum Gasteiger partial charge on any atom is -0.505 e. The smallest absolute Gasteiger partial charge is 0.351 e. The van der Waals surface area contributed by atoms with Crippen LogP contribution in [-0.4, -0.2) is 23.2 Å². The minimum atomic E-state index is -0.641. The molecule has 3 rings (SSSR count). The molecule has 0 aliphatic rings. The van der Waals surface area contributed by atoms with Crippen molar-refractivity contribution < 1.29 is 14.6 Å². The maximum Gasteiger partial charge on any atom is 0.351 e. The van der Waals surface area contributed by atoms with Crippen LogP contribution in [0.25, 0.3) is 20.3 Å². The summed E-state index contributed by atoms with van der Waals surface area (Å²) in [7, 11) is 1.23. The zero-order chi connectivity index (χ0) is 12.9. The highest BCUT2D eigenvalue weighted by atomic mass is 32.1. The number of esters is 1. The zero-order valence-corrected chi connectivity index (χ0v) is 10.8. The number of methoxy groups -OCH3 is 1. The van der Waals surface area contributed by atoms with Crippen molar-refractivity contribution >= 4 is 48.9 Å². The van der Waals surface area contributed by atoms with Gasteiger partial charge in [-0.2, -0.15) is 0 Å². The van der Waals surface area contributed by atoms with E-state index in [4.69, 9.17) is 0 Å². The molecular formula is C11H7NO4S2. The summed E-state index contributed by atoms with van der Waals surface area (Å²) in [4.78, 5) is 26.1. The lowest BCUT2D eigenvalue weighted by atomic mass is 10.2. The number of aromatic amines is 1. The Hall–Kier alpha value is -1.86. The Morgan fingerprint density at radius 3 is 2.94 bits per heavy atom. The molecule has 5 nitrogen and oxygen atoms in total. The molecule has 3 heterocycles. The number of hydrogen-bond acceptors (Lipinski definition) is 6. The highest BCUT2D eigenvalue weighted by Gasteiger charge is 2.22. The van der Waals surface area contributed by atoms with Crippen LogP contribution in [0.15, 0.2) is 16.2 Å². The second-order valence-electron chi connectivity index (χ2n) is 3.59. The van der Waals surface area contributed by atoms with E-state index in [-0.39, 0.29) is 16.0 Å². The summed E-state index contributed by atoms with van der Waals surface area (Å²) >= 11 is 2.51. The number of rotatable bonds is 1. The predicted molar refractivity (Wildman–Crippen MR) is 70.8 cm³/mol. The van der Waals surface area contributed by atoms with Crippen LogP contribution in [0, 0.1) is 0 Å². The molecule has 3 aromatic heterocycles. The summed E-state index contributed by atoms with van der Waals surface area (Å²) < 4.78 is 6.04. The Morgan fingerprint density at radius 1 is 1.44 bits per heavy atom. The van der Waals surface area contributed by atoms with E-state index in [1.165, 1.54) is 18.4 Å². The molecule has 3 aromatic rings. The highest BCUT2D eigenvalue weighted by Crippen LogP contribution is 2.39. The van der Waals surface area contributed by atoms with E-state index in [2.05, 4.69) is 9.72 Å². The van der Waals surface area contributed by atoms with Crippen LogP contribution in [0.3, 0.4) is 0 Å². The van der Waals surface area contributed by atoms with Crippen molar-refractivity contribution in [1.82, 2.24) is 4.98 Å². The van der Waals surface area contributed by atoms with Gasteiger partial charge < -0.3 is 14.8 Å². The molecule has 0 spiro atoms. The molecule has 0 unspecified atom stereocenters. The average Bonchev–Trinajstić information content (AvgIpc) is 2.93. The molecule has 2 N–H and O–H groups in total. The van der Waals surface area contributed by atoms with Crippen molar-refractivity contribution in [3.05, 3.63) is 26.7 Å². The fourth-order valence-electron chi connectivity index (χ4n) is 1.79. The third kappa shape index (κ3) is 1.37. The molecule has 0 aliphatic heterocycles. The van der Waals surface area contributed by atoms with Crippen molar-refractivity contribution in [2.75, 3.05) is 7.11 Å². The summed E-state index contributed by atoms with van der Waals surface area (Å²) in [5.74, 6) is -0.948. The highest BCUT2D eigenvalue weighted by molar-refractivity contribution is 7.27. The van der Waals surface area contributed by atoms with Gasteiger partial charge in [0.05, 0.1) is 22.0 Å². The predicted octanol–water partition coefficient (Wildman–Crippen LogP) is 2.30. The summed E-state index contributed by atoms with van der Waals surface area (Å²) in [6, 6.07) is 1.79. The lowest BCUT2D eigenvalue weighted by Gasteiger charge is -1.94. The van der Waals surface area contributed by atoms with Gasteiger partial charge in [0.2, 0.25) is 0 Å².